The van der Waals surface area contributed by atoms with Crippen LogP contribution in [0.2, 0.25) is 0 Å². The van der Waals surface area contributed by atoms with Gasteiger partial charge in [0.1, 0.15) is 19.5 Å². The summed E-state index contributed by atoms with van der Waals surface area (Å²) in [6.45, 7) is 0. The molecule has 0 saturated heterocycles. The van der Waals surface area contributed by atoms with E-state index in [2.05, 4.69) is 0 Å². The van der Waals surface area contributed by atoms with E-state index < -0.39 is 31.4 Å². The molecule has 0 aromatic carbocycles. The van der Waals surface area contributed by atoms with Gasteiger partial charge in [-0.25, -0.2) is 0 Å². The molecule has 6 atom stereocenters. The van der Waals surface area contributed by atoms with Gasteiger partial charge in [0.15, 0.2) is 0 Å². The van der Waals surface area contributed by atoms with E-state index in [0.717, 1.165) is 38.5 Å². The van der Waals surface area contributed by atoms with Crippen LogP contribution in [0.1, 0.15) is 64.2 Å². The quantitative estimate of drug-likeness (QED) is 0.274. The number of esters is 2. The second-order valence-electron chi connectivity index (χ2n) is 11.2. The highest BCUT2D eigenvalue weighted by Crippen LogP contribution is 2.71. The number of hydrogen-bond donors (Lipinski definition) is 0. The van der Waals surface area contributed by atoms with E-state index in [1.807, 2.05) is 0 Å². The summed E-state index contributed by atoms with van der Waals surface area (Å²) in [5.74, 6) is 0.902. The Morgan fingerprint density at radius 3 is 1.21 bits per heavy atom. The second kappa shape index (κ2) is 6.00. The lowest BCUT2D eigenvalue weighted by molar-refractivity contribution is -0.192. The van der Waals surface area contributed by atoms with Crippen molar-refractivity contribution in [1.82, 2.24) is 0 Å². The van der Waals surface area contributed by atoms with Crippen molar-refractivity contribution in [2.75, 3.05) is 0 Å². The van der Waals surface area contributed by atoms with Gasteiger partial charge in [-0.3, -0.25) is 9.59 Å². The van der Waals surface area contributed by atoms with E-state index in [-0.39, 0.29) is 11.8 Å². The monoisotopic (exact) mass is 478 g/mol. The number of alkyl halides is 4. The molecule has 0 aromatic heterocycles. The molecule has 2 unspecified atom stereocenters. The van der Waals surface area contributed by atoms with Crippen LogP contribution in [0.5, 0.6) is 0 Å². The number of carbonyl (C=O) groups excluding carboxylic acids is 2. The predicted molar refractivity (Wildman–Crippen MR) is 112 cm³/mol. The summed E-state index contributed by atoms with van der Waals surface area (Å²) in [5.41, 5.74) is -1.96. The van der Waals surface area contributed by atoms with E-state index in [0.29, 0.717) is 49.4 Å². The van der Waals surface area contributed by atoms with Crippen molar-refractivity contribution < 1.29 is 14.3 Å². The molecule has 0 aromatic rings. The normalized spacial score (nSPS) is 52.6. The summed E-state index contributed by atoms with van der Waals surface area (Å²) in [6.07, 6.45) is 8.60. The summed E-state index contributed by atoms with van der Waals surface area (Å²) in [4.78, 5) is 27.1. The summed E-state index contributed by atoms with van der Waals surface area (Å²) in [5, 5.41) is 0. The first-order valence-corrected chi connectivity index (χ1v) is 12.6. The number of ether oxygens (including phenoxy) is 1. The fourth-order valence-electron chi connectivity index (χ4n) is 8.74. The first-order chi connectivity index (χ1) is 13.6. The molecule has 8 bridgehead atoms. The van der Waals surface area contributed by atoms with Crippen LogP contribution < -0.4 is 0 Å². The lowest BCUT2D eigenvalue weighted by Gasteiger charge is -2.62. The van der Waals surface area contributed by atoms with Crippen molar-refractivity contribution >= 4 is 58.3 Å². The molecule has 8 saturated carbocycles. The average molecular weight is 480 g/mol. The molecule has 0 radical (unpaired) electrons. The summed E-state index contributed by atoms with van der Waals surface area (Å²) in [6, 6.07) is 0. The molecule has 160 valence electrons. The van der Waals surface area contributed by atoms with Gasteiger partial charge < -0.3 is 4.74 Å². The highest BCUT2D eigenvalue weighted by molar-refractivity contribution is 6.51. The van der Waals surface area contributed by atoms with E-state index in [4.69, 9.17) is 51.1 Å². The van der Waals surface area contributed by atoms with Gasteiger partial charge in [-0.05, 0) is 99.7 Å². The van der Waals surface area contributed by atoms with Crippen LogP contribution in [0.4, 0.5) is 0 Å². The minimum Gasteiger partial charge on any atom is -0.392 e. The van der Waals surface area contributed by atoms with Crippen molar-refractivity contribution in [2.45, 2.75) is 72.9 Å². The number of halogens is 4. The molecule has 0 spiro atoms. The van der Waals surface area contributed by atoms with Crippen LogP contribution in [0.3, 0.4) is 0 Å². The molecule has 0 aliphatic heterocycles. The lowest BCUT2D eigenvalue weighted by atomic mass is 9.48. The van der Waals surface area contributed by atoms with Gasteiger partial charge >= 0.3 is 11.9 Å². The zero-order chi connectivity index (χ0) is 20.4. The van der Waals surface area contributed by atoms with E-state index in [9.17, 15) is 9.59 Å². The Labute approximate surface area is 191 Å². The topological polar surface area (TPSA) is 43.4 Å². The van der Waals surface area contributed by atoms with Crippen LogP contribution in [0.25, 0.3) is 0 Å². The Morgan fingerprint density at radius 2 is 0.897 bits per heavy atom. The Bertz CT molecular complexity index is 701. The largest absolute Gasteiger partial charge is 0.392 e. The van der Waals surface area contributed by atoms with E-state index >= 15 is 0 Å². The SMILES string of the molecule is O=C(OC(=O)C12C[C@H]3CC(C[C@@H](C3)C1)C2(Cl)Cl)C12C[C@@H]3CC(C[C@@H](C3)C1)C2(Cl)Cl. The number of rotatable bonds is 2. The smallest absolute Gasteiger partial charge is 0.322 e. The van der Waals surface area contributed by atoms with Crippen LogP contribution in [-0.4, -0.2) is 20.6 Å². The van der Waals surface area contributed by atoms with E-state index in [1.54, 1.807) is 0 Å². The maximum atomic E-state index is 13.5. The Morgan fingerprint density at radius 1 is 0.586 bits per heavy atom. The molecule has 29 heavy (non-hydrogen) atoms. The number of carbonyl (C=O) groups is 2. The Kier molecular flexibility index (Phi) is 4.13. The molecule has 3 nitrogen and oxygen atoms in total. The lowest BCUT2D eigenvalue weighted by Crippen LogP contribution is -2.65. The van der Waals surface area contributed by atoms with Gasteiger partial charge in [0, 0.05) is 0 Å². The molecule has 7 heteroatoms. The summed E-state index contributed by atoms with van der Waals surface area (Å²) >= 11 is 27.3. The third-order valence-corrected chi connectivity index (χ3v) is 12.3. The summed E-state index contributed by atoms with van der Waals surface area (Å²) < 4.78 is 3.34. The highest BCUT2D eigenvalue weighted by atomic mass is 35.5. The van der Waals surface area contributed by atoms with Gasteiger partial charge in [-0.1, -0.05) is 0 Å². The van der Waals surface area contributed by atoms with Gasteiger partial charge in [-0.2, -0.15) is 0 Å². The third kappa shape index (κ3) is 2.40. The van der Waals surface area contributed by atoms with Crippen molar-refractivity contribution in [3.8, 4) is 0 Å². The molecule has 8 aliphatic carbocycles. The van der Waals surface area contributed by atoms with Crippen LogP contribution >= 0.6 is 46.4 Å². The maximum Gasteiger partial charge on any atom is 0.322 e. The molecule has 0 N–H and O–H groups in total. The Hall–Kier alpha value is 0.300. The zero-order valence-corrected chi connectivity index (χ0v) is 19.3. The Balaban J connectivity index is 1.31. The van der Waals surface area contributed by atoms with Gasteiger partial charge in [-0.15, -0.1) is 46.4 Å². The van der Waals surface area contributed by atoms with Crippen molar-refractivity contribution in [1.29, 1.82) is 0 Å². The van der Waals surface area contributed by atoms with Crippen molar-refractivity contribution in [2.24, 2.45) is 46.3 Å². The van der Waals surface area contributed by atoms with E-state index in [1.165, 1.54) is 0 Å². The molecule has 8 rings (SSSR count). The number of hydrogen-bond acceptors (Lipinski definition) is 3. The zero-order valence-electron chi connectivity index (χ0n) is 16.3. The minimum atomic E-state index is -1.17. The standard InChI is InChI=1S/C22H26Cl4O3/c23-21(24)15-3-11-1-12(4-15)8-19(21,7-11)17(27)29-18(28)20-9-13-2-14(10-20)6-16(5-13)22(20,25)26/h11-16H,1-10H2/t11-,12-,13-,14+,15?,16?,19?,20?/m1/s1. The van der Waals surface area contributed by atoms with Crippen LogP contribution in [0.15, 0.2) is 0 Å². The van der Waals surface area contributed by atoms with Gasteiger partial charge in [0.2, 0.25) is 0 Å². The fourth-order valence-corrected chi connectivity index (χ4v) is 10.4. The highest BCUT2D eigenvalue weighted by Gasteiger charge is 2.72. The van der Waals surface area contributed by atoms with Crippen LogP contribution in [0, 0.1) is 46.3 Å². The average Bonchev–Trinajstić information content (AvgIpc) is 2.63. The third-order valence-electron chi connectivity index (χ3n) is 9.62. The molecule has 0 heterocycles. The molecular formula is C22H26Cl4O3. The molecule has 8 fully saturated rings. The minimum absolute atomic E-state index is 0.0967. The molecule has 8 aliphatic rings. The molecule has 0 amide bonds. The predicted octanol–water partition coefficient (Wildman–Crippen LogP) is 6.06. The maximum absolute atomic E-state index is 13.5. The van der Waals surface area contributed by atoms with Crippen LogP contribution in [-0.2, 0) is 14.3 Å². The summed E-state index contributed by atoms with van der Waals surface area (Å²) in [7, 11) is 0. The van der Waals surface area contributed by atoms with Crippen molar-refractivity contribution in [3.63, 3.8) is 0 Å². The van der Waals surface area contributed by atoms with Crippen molar-refractivity contribution in [3.05, 3.63) is 0 Å². The first kappa shape index (κ1) is 19.9. The first-order valence-electron chi connectivity index (χ1n) is 11.1. The fraction of sp³-hybridized carbons (Fsp3) is 0.909. The second-order valence-corrected chi connectivity index (χ2v) is 13.9. The van der Waals surface area contributed by atoms with Gasteiger partial charge in [0.05, 0.1) is 0 Å². The van der Waals surface area contributed by atoms with Gasteiger partial charge in [0.25, 0.3) is 0 Å². The molecular weight excluding hydrogens is 454 g/mol.